The maximum atomic E-state index is 9.34. The number of aliphatic hydroxyl groups is 1. The van der Waals surface area contributed by atoms with Gasteiger partial charge in [-0.25, -0.2) is 0 Å². The molecule has 1 nitrogen and oxygen atoms in total. The second kappa shape index (κ2) is 4.42. The Kier molecular flexibility index (Phi) is 3.64. The first-order valence-corrected chi connectivity index (χ1v) is 5.88. The van der Waals surface area contributed by atoms with E-state index in [1.165, 1.54) is 18.4 Å². The van der Waals surface area contributed by atoms with Crippen LogP contribution in [0.3, 0.4) is 0 Å². The fourth-order valence-corrected chi connectivity index (χ4v) is 2.25. The number of rotatable bonds is 3. The van der Waals surface area contributed by atoms with Gasteiger partial charge in [-0.1, -0.05) is 25.5 Å². The first-order chi connectivity index (χ1) is 6.85. The van der Waals surface area contributed by atoms with Crippen LogP contribution in [0.2, 0.25) is 0 Å². The second-order valence-electron chi connectivity index (χ2n) is 5.45. The predicted molar refractivity (Wildman–Crippen MR) is 65.9 cm³/mol. The van der Waals surface area contributed by atoms with E-state index in [0.29, 0.717) is 11.2 Å². The van der Waals surface area contributed by atoms with Gasteiger partial charge in [-0.3, -0.25) is 0 Å². The van der Waals surface area contributed by atoms with Gasteiger partial charge >= 0.3 is 0 Å². The van der Waals surface area contributed by atoms with Crippen molar-refractivity contribution < 1.29 is 5.11 Å². The van der Waals surface area contributed by atoms with Gasteiger partial charge in [-0.05, 0) is 56.9 Å². The summed E-state index contributed by atoms with van der Waals surface area (Å²) in [7, 11) is 0. The third kappa shape index (κ3) is 2.64. The molecule has 1 aliphatic carbocycles. The van der Waals surface area contributed by atoms with E-state index >= 15 is 0 Å². The molecule has 0 bridgehead atoms. The first kappa shape index (κ1) is 12.4. The monoisotopic (exact) mass is 208 g/mol. The number of aliphatic hydroxyl groups excluding tert-OH is 1. The molecule has 0 fully saturated rings. The lowest BCUT2D eigenvalue weighted by atomic mass is 9.75. The maximum Gasteiger partial charge on any atom is 0.0880 e. The Morgan fingerprint density at radius 2 is 2.07 bits per heavy atom. The van der Waals surface area contributed by atoms with Gasteiger partial charge in [0.25, 0.3) is 0 Å². The molecule has 1 aliphatic rings. The highest BCUT2D eigenvalue weighted by molar-refractivity contribution is 5.18. The Hall–Kier alpha value is -0.720. The summed E-state index contributed by atoms with van der Waals surface area (Å²) in [6.07, 6.45) is 5.79. The van der Waals surface area contributed by atoms with E-state index in [-0.39, 0.29) is 0 Å². The number of hydrogen-bond donors (Lipinski definition) is 1. The SMILES string of the molecule is CC1=CC[C@H](CC/C(C)=C(\C)O)C1(C)C. The lowest BCUT2D eigenvalue weighted by Gasteiger charge is -2.29. The number of hydrogen-bond acceptors (Lipinski definition) is 1. The molecule has 1 N–H and O–H groups in total. The van der Waals surface area contributed by atoms with Gasteiger partial charge in [0.2, 0.25) is 0 Å². The molecule has 0 unspecified atom stereocenters. The number of allylic oxidation sites excluding steroid dienone is 4. The molecule has 0 spiro atoms. The Morgan fingerprint density at radius 3 is 2.47 bits per heavy atom. The maximum absolute atomic E-state index is 9.34. The lowest BCUT2D eigenvalue weighted by molar-refractivity contribution is 0.273. The summed E-state index contributed by atoms with van der Waals surface area (Å²) in [6.45, 7) is 10.7. The highest BCUT2D eigenvalue weighted by Gasteiger charge is 2.34. The molecule has 0 radical (unpaired) electrons. The molecule has 1 atom stereocenters. The predicted octanol–water partition coefficient (Wildman–Crippen LogP) is 4.61. The first-order valence-electron chi connectivity index (χ1n) is 5.88. The van der Waals surface area contributed by atoms with Crippen molar-refractivity contribution in [1.82, 2.24) is 0 Å². The molecule has 1 heteroatoms. The normalized spacial score (nSPS) is 26.2. The van der Waals surface area contributed by atoms with Crippen molar-refractivity contribution in [3.8, 4) is 0 Å². The van der Waals surface area contributed by atoms with Gasteiger partial charge in [0.05, 0.1) is 5.76 Å². The average molecular weight is 208 g/mol. The van der Waals surface area contributed by atoms with Gasteiger partial charge in [0, 0.05) is 0 Å². The summed E-state index contributed by atoms with van der Waals surface area (Å²) >= 11 is 0. The summed E-state index contributed by atoms with van der Waals surface area (Å²) in [6, 6.07) is 0. The molecule has 0 heterocycles. The fourth-order valence-electron chi connectivity index (χ4n) is 2.25. The van der Waals surface area contributed by atoms with Crippen molar-refractivity contribution in [2.75, 3.05) is 0 Å². The zero-order chi connectivity index (χ0) is 11.6. The van der Waals surface area contributed by atoms with Crippen molar-refractivity contribution in [1.29, 1.82) is 0 Å². The molecular formula is C14H24O. The molecule has 0 saturated heterocycles. The third-order valence-electron chi connectivity index (χ3n) is 4.23. The molecule has 0 aromatic rings. The summed E-state index contributed by atoms with van der Waals surface area (Å²) in [4.78, 5) is 0. The summed E-state index contributed by atoms with van der Waals surface area (Å²) in [5, 5.41) is 9.34. The highest BCUT2D eigenvalue weighted by Crippen LogP contribution is 2.45. The van der Waals surface area contributed by atoms with Gasteiger partial charge in [-0.15, -0.1) is 0 Å². The fraction of sp³-hybridized carbons (Fsp3) is 0.714. The van der Waals surface area contributed by atoms with Crippen LogP contribution in [-0.4, -0.2) is 5.11 Å². The zero-order valence-electron chi connectivity index (χ0n) is 10.7. The van der Waals surface area contributed by atoms with Crippen LogP contribution >= 0.6 is 0 Å². The van der Waals surface area contributed by atoms with Gasteiger partial charge in [-0.2, -0.15) is 0 Å². The standard InChI is InChI=1S/C14H24O/c1-10(12(3)15)6-8-13-9-7-11(2)14(13,4)5/h7,13,15H,6,8-9H2,1-5H3/b12-10+/t13-/m0/s1. The largest absolute Gasteiger partial charge is 0.513 e. The topological polar surface area (TPSA) is 20.2 Å². The zero-order valence-corrected chi connectivity index (χ0v) is 10.7. The summed E-state index contributed by atoms with van der Waals surface area (Å²) in [5.74, 6) is 1.24. The van der Waals surface area contributed by atoms with Crippen molar-refractivity contribution >= 4 is 0 Å². The third-order valence-corrected chi connectivity index (χ3v) is 4.23. The molecule has 0 aromatic heterocycles. The molecule has 1 rings (SSSR count). The minimum Gasteiger partial charge on any atom is -0.513 e. The van der Waals surface area contributed by atoms with Crippen molar-refractivity contribution in [2.45, 2.75) is 53.9 Å². The van der Waals surface area contributed by atoms with Crippen molar-refractivity contribution in [2.24, 2.45) is 11.3 Å². The molecule has 0 aliphatic heterocycles. The van der Waals surface area contributed by atoms with E-state index in [1.807, 2.05) is 6.92 Å². The van der Waals surface area contributed by atoms with Crippen LogP contribution in [0.25, 0.3) is 0 Å². The second-order valence-corrected chi connectivity index (χ2v) is 5.45. The minimum absolute atomic E-state index is 0.351. The summed E-state index contributed by atoms with van der Waals surface area (Å²) < 4.78 is 0. The Morgan fingerprint density at radius 1 is 1.47 bits per heavy atom. The Bertz CT molecular complexity index is 290. The molecule has 15 heavy (non-hydrogen) atoms. The van der Waals surface area contributed by atoms with Crippen LogP contribution in [0.15, 0.2) is 23.0 Å². The van der Waals surface area contributed by atoms with Crippen LogP contribution in [0.4, 0.5) is 0 Å². The highest BCUT2D eigenvalue weighted by atomic mass is 16.3. The molecule has 86 valence electrons. The lowest BCUT2D eigenvalue weighted by Crippen LogP contribution is -2.20. The smallest absolute Gasteiger partial charge is 0.0880 e. The van der Waals surface area contributed by atoms with Crippen LogP contribution in [0, 0.1) is 11.3 Å². The van der Waals surface area contributed by atoms with Gasteiger partial charge in [0.15, 0.2) is 0 Å². The summed E-state index contributed by atoms with van der Waals surface area (Å²) in [5.41, 5.74) is 3.01. The van der Waals surface area contributed by atoms with Crippen LogP contribution in [0.5, 0.6) is 0 Å². The van der Waals surface area contributed by atoms with Crippen LogP contribution in [0.1, 0.15) is 53.9 Å². The Labute approximate surface area is 93.9 Å². The van der Waals surface area contributed by atoms with Gasteiger partial charge < -0.3 is 5.11 Å². The van der Waals surface area contributed by atoms with E-state index in [9.17, 15) is 5.11 Å². The molecule has 0 amide bonds. The quantitative estimate of drug-likeness (QED) is 0.530. The van der Waals surface area contributed by atoms with Gasteiger partial charge in [0.1, 0.15) is 0 Å². The van der Waals surface area contributed by atoms with E-state index in [2.05, 4.69) is 26.8 Å². The molecular weight excluding hydrogens is 184 g/mol. The van der Waals surface area contributed by atoms with Crippen LogP contribution < -0.4 is 0 Å². The van der Waals surface area contributed by atoms with E-state index < -0.39 is 0 Å². The van der Waals surface area contributed by atoms with Crippen molar-refractivity contribution in [3.63, 3.8) is 0 Å². The van der Waals surface area contributed by atoms with Crippen molar-refractivity contribution in [3.05, 3.63) is 23.0 Å². The van der Waals surface area contributed by atoms with E-state index in [0.717, 1.165) is 17.9 Å². The van der Waals surface area contributed by atoms with Crippen LogP contribution in [-0.2, 0) is 0 Å². The van der Waals surface area contributed by atoms with E-state index in [1.54, 1.807) is 6.92 Å². The molecule has 0 aromatic carbocycles. The van der Waals surface area contributed by atoms with E-state index in [4.69, 9.17) is 0 Å². The Balaban J connectivity index is 2.53. The minimum atomic E-state index is 0.351. The molecule has 0 saturated carbocycles. The average Bonchev–Trinajstić information content (AvgIpc) is 2.39.